The summed E-state index contributed by atoms with van der Waals surface area (Å²) < 4.78 is 0. The van der Waals surface area contributed by atoms with E-state index in [1.54, 1.807) is 44.2 Å². The van der Waals surface area contributed by atoms with Crippen LogP contribution in [0.25, 0.3) is 0 Å². The Kier molecular flexibility index (Phi) is 37.1. The molecule has 0 spiro atoms. The number of guanidine groups is 2. The lowest BCUT2D eigenvalue weighted by Gasteiger charge is -2.28. The van der Waals surface area contributed by atoms with Crippen molar-refractivity contribution in [3.05, 3.63) is 65.7 Å². The van der Waals surface area contributed by atoms with Gasteiger partial charge in [-0.15, -0.1) is 0 Å². The molecule has 36 nitrogen and oxygen atoms in total. The molecule has 12 amide bonds. The first-order valence-corrected chi connectivity index (χ1v) is 30.7. The number of aliphatic hydroxyl groups is 1. The van der Waals surface area contributed by atoms with Crippen molar-refractivity contribution < 1.29 is 77.6 Å². The lowest BCUT2D eigenvalue weighted by atomic mass is 10.00. The molecule has 0 aliphatic carbocycles. The average molecular weight is 1340 g/mol. The lowest BCUT2D eigenvalue weighted by Crippen LogP contribution is -2.61. The van der Waals surface area contributed by atoms with E-state index in [0.29, 0.717) is 30.5 Å². The van der Waals surface area contributed by atoms with Gasteiger partial charge in [-0.1, -0.05) is 62.7 Å². The summed E-state index contributed by atoms with van der Waals surface area (Å²) >= 11 is 0. The Balaban J connectivity index is 2.37. The van der Waals surface area contributed by atoms with Gasteiger partial charge in [-0.3, -0.25) is 72.3 Å². The van der Waals surface area contributed by atoms with E-state index in [4.69, 9.17) is 45.2 Å². The Hall–Kier alpha value is -10.2. The predicted molar refractivity (Wildman–Crippen MR) is 345 cm³/mol. The molecule has 9 atom stereocenters. The molecular formula is C59H94N20O16. The van der Waals surface area contributed by atoms with Gasteiger partial charge in [0.05, 0.1) is 31.8 Å². The molecule has 0 aliphatic heterocycles. The molecule has 0 unspecified atom stereocenters. The Morgan fingerprint density at radius 3 is 1.41 bits per heavy atom. The van der Waals surface area contributed by atoms with Crippen LogP contribution in [0.2, 0.25) is 0 Å². The number of benzene rings is 2. The zero-order chi connectivity index (χ0) is 71.2. The molecule has 0 aliphatic rings. The summed E-state index contributed by atoms with van der Waals surface area (Å²) in [5, 5.41) is 56.5. The standard InChI is InChI=1S/C59H94N20O16/c1-32(2)25-41(56(94)77-43(27-35-16-18-36(81)19-17-35)53(91)72-30-47(85)74-42(26-34-11-5-4-6-12-34)52(90)70-28-45(83)69-31-48(86)87)78-57(95)49(33(3)80)79-55(93)38(14-9-23-67-58(63)64)73-46(84)29-71-51(89)40(20-21-44(62)82)76-54(92)39(15-10-24-68-59(65)66)75-50(88)37(61)13-7-8-22-60/h4-6,11-12,16-19,32-33,37-43,49,80-81H,7-10,13-15,20-31,60-61H2,1-3H3,(H2,62,82)(H,69,83)(H,70,90)(H,71,89)(H,72,91)(H,73,84)(H,74,85)(H,75,88)(H,76,92)(H,77,94)(H,78,95)(H,79,93)(H,86,87)(H4,63,64,67)(H4,65,66,68)/t33-,37+,38+,39+,40+,41+,42+,43+,49+/m1/s1. The summed E-state index contributed by atoms with van der Waals surface area (Å²) in [6.45, 7) is 1.98. The number of carbonyl (C=O) groups excluding carboxylic acids is 12. The second kappa shape index (κ2) is 43.6. The largest absolute Gasteiger partial charge is 0.508 e. The fraction of sp³-hybridized carbons (Fsp3) is 0.542. The number of nitrogens with one attached hydrogen (secondary N) is 11. The second-order valence-corrected chi connectivity index (χ2v) is 22.5. The first-order valence-electron chi connectivity index (χ1n) is 30.7. The quantitative estimate of drug-likeness (QED) is 0.0166. The highest BCUT2D eigenvalue weighted by molar-refractivity contribution is 5.98. The Morgan fingerprint density at radius 1 is 0.463 bits per heavy atom. The van der Waals surface area contributed by atoms with Gasteiger partial charge < -0.3 is 114 Å². The van der Waals surface area contributed by atoms with E-state index in [1.165, 1.54) is 24.3 Å². The molecule has 36 heteroatoms. The fourth-order valence-electron chi connectivity index (χ4n) is 8.92. The van der Waals surface area contributed by atoms with Crippen molar-refractivity contribution in [2.24, 2.45) is 56.0 Å². The molecule has 0 heterocycles. The normalized spacial score (nSPS) is 13.7. The van der Waals surface area contributed by atoms with Gasteiger partial charge in [-0.05, 0) is 94.0 Å². The van der Waals surface area contributed by atoms with E-state index in [1.807, 2.05) is 0 Å². The van der Waals surface area contributed by atoms with Gasteiger partial charge in [-0.2, -0.15) is 0 Å². The van der Waals surface area contributed by atoms with Crippen LogP contribution in [0.4, 0.5) is 0 Å². The maximum absolute atomic E-state index is 14.3. The van der Waals surface area contributed by atoms with Crippen LogP contribution in [-0.4, -0.2) is 204 Å². The minimum Gasteiger partial charge on any atom is -0.508 e. The van der Waals surface area contributed by atoms with Crippen molar-refractivity contribution in [3.63, 3.8) is 0 Å². The first-order chi connectivity index (χ1) is 44.9. The number of nitrogens with two attached hydrogens (primary N) is 7. The van der Waals surface area contributed by atoms with Crippen molar-refractivity contribution >= 4 is 88.8 Å². The van der Waals surface area contributed by atoms with Crippen LogP contribution in [0.15, 0.2) is 64.6 Å². The van der Waals surface area contributed by atoms with Gasteiger partial charge in [0.1, 0.15) is 54.6 Å². The second-order valence-electron chi connectivity index (χ2n) is 22.5. The summed E-state index contributed by atoms with van der Waals surface area (Å²) in [5.41, 5.74) is 39.8. The van der Waals surface area contributed by atoms with Gasteiger partial charge in [0.15, 0.2) is 11.9 Å². The number of carbonyl (C=O) groups is 13. The third kappa shape index (κ3) is 34.3. The van der Waals surface area contributed by atoms with Crippen LogP contribution >= 0.6 is 0 Å². The number of unbranched alkanes of at least 4 members (excludes halogenated alkanes) is 1. The van der Waals surface area contributed by atoms with Crippen LogP contribution in [0, 0.1) is 5.92 Å². The van der Waals surface area contributed by atoms with Crippen molar-refractivity contribution in [2.45, 2.75) is 152 Å². The van der Waals surface area contributed by atoms with Crippen LogP contribution in [0.3, 0.4) is 0 Å². The highest BCUT2D eigenvalue weighted by Crippen LogP contribution is 2.14. The number of aliphatic hydroxyl groups excluding tert-OH is 1. The van der Waals surface area contributed by atoms with E-state index in [9.17, 15) is 72.5 Å². The van der Waals surface area contributed by atoms with Crippen LogP contribution in [-0.2, 0) is 75.2 Å². The molecule has 0 saturated heterocycles. The summed E-state index contributed by atoms with van der Waals surface area (Å²) in [6.07, 6.45) is -1.59. The summed E-state index contributed by atoms with van der Waals surface area (Å²) in [7, 11) is 0. The van der Waals surface area contributed by atoms with Gasteiger partial charge in [0.2, 0.25) is 70.9 Å². The molecule has 0 aromatic heterocycles. The monoisotopic (exact) mass is 1340 g/mol. The van der Waals surface area contributed by atoms with Crippen LogP contribution < -0.4 is 98.6 Å². The van der Waals surface area contributed by atoms with Crippen molar-refractivity contribution in [1.29, 1.82) is 0 Å². The van der Waals surface area contributed by atoms with E-state index >= 15 is 0 Å². The van der Waals surface area contributed by atoms with E-state index < -0.39 is 164 Å². The minimum absolute atomic E-state index is 0.0316. The maximum Gasteiger partial charge on any atom is 0.322 e. The topological polar surface area (TPSA) is 622 Å². The molecule has 2 aromatic carbocycles. The number of aliphatic carboxylic acids is 1. The summed E-state index contributed by atoms with van der Waals surface area (Å²) in [5.74, 6) is -13.3. The molecular weight excluding hydrogens is 1240 g/mol. The third-order valence-corrected chi connectivity index (χ3v) is 13.8. The number of amides is 12. The van der Waals surface area contributed by atoms with E-state index in [0.717, 1.165) is 6.92 Å². The van der Waals surface area contributed by atoms with E-state index in [2.05, 4.69) is 68.5 Å². The highest BCUT2D eigenvalue weighted by atomic mass is 16.4. The Labute approximate surface area is 548 Å². The molecule has 28 N–H and O–H groups in total. The van der Waals surface area contributed by atoms with Crippen molar-refractivity contribution in [3.8, 4) is 5.75 Å². The zero-order valence-electron chi connectivity index (χ0n) is 53.5. The fourth-order valence-corrected chi connectivity index (χ4v) is 8.92. The number of hydrogen-bond acceptors (Lipinski definition) is 19. The van der Waals surface area contributed by atoms with Crippen molar-refractivity contribution in [2.75, 3.05) is 45.8 Å². The number of phenols is 1. The SMILES string of the molecule is CC(C)C[C@H](NC(=O)[C@@H](NC(=O)[C@H](CCCN=C(N)N)NC(=O)CNC(=O)[C@H](CCC(N)=O)NC(=O)[C@H](CCCN=C(N)N)NC(=O)[C@@H](N)CCCCN)[C@@H](C)O)C(=O)N[C@@H](Cc1ccc(O)cc1)C(=O)NCC(=O)N[C@@H](Cc1ccccc1)C(=O)NCC(=O)NCC(=O)O. The number of rotatable bonds is 45. The molecule has 95 heavy (non-hydrogen) atoms. The third-order valence-electron chi connectivity index (χ3n) is 13.8. The number of nitrogens with zero attached hydrogens (tertiary/aromatic N) is 2. The molecule has 0 bridgehead atoms. The molecule has 0 fully saturated rings. The van der Waals surface area contributed by atoms with Gasteiger partial charge in [0.25, 0.3) is 0 Å². The summed E-state index contributed by atoms with van der Waals surface area (Å²) in [6, 6.07) is 2.50. The minimum atomic E-state index is -1.83. The van der Waals surface area contributed by atoms with Gasteiger partial charge in [-0.25, -0.2) is 0 Å². The Bertz CT molecular complexity index is 2950. The average Bonchev–Trinajstić information content (AvgIpc) is 0.969. The molecule has 0 radical (unpaired) electrons. The number of phenolic OH excluding ortho intramolecular Hbond substituents is 1. The highest BCUT2D eigenvalue weighted by Gasteiger charge is 2.35. The van der Waals surface area contributed by atoms with Crippen molar-refractivity contribution in [1.82, 2.24) is 58.5 Å². The molecule has 2 aromatic rings. The first kappa shape index (κ1) is 80.9. The van der Waals surface area contributed by atoms with Crippen LogP contribution in [0.1, 0.15) is 96.1 Å². The molecule has 2 rings (SSSR count). The number of aromatic hydroxyl groups is 1. The number of carboxylic acids is 1. The Morgan fingerprint density at radius 2 is 0.905 bits per heavy atom. The summed E-state index contributed by atoms with van der Waals surface area (Å²) in [4.78, 5) is 180. The number of aliphatic imine (C=N–C) groups is 2. The number of carboxylic acid groups (broad SMARTS) is 1. The smallest absolute Gasteiger partial charge is 0.322 e. The zero-order valence-corrected chi connectivity index (χ0v) is 53.5. The predicted octanol–water partition coefficient (Wildman–Crippen LogP) is -7.62. The number of primary amides is 1. The lowest BCUT2D eigenvalue weighted by molar-refractivity contribution is -0.138. The van der Waals surface area contributed by atoms with Gasteiger partial charge in [0, 0.05) is 32.4 Å². The molecule has 526 valence electrons. The van der Waals surface area contributed by atoms with E-state index in [-0.39, 0.29) is 94.5 Å². The molecule has 0 saturated carbocycles. The number of hydrogen-bond donors (Lipinski definition) is 21. The van der Waals surface area contributed by atoms with Crippen LogP contribution in [0.5, 0.6) is 5.75 Å². The maximum atomic E-state index is 14.3. The van der Waals surface area contributed by atoms with Gasteiger partial charge >= 0.3 is 5.97 Å².